The number of nitrogens with one attached hydrogen (secondary N) is 1. The van der Waals surface area contributed by atoms with Crippen LogP contribution in [0.25, 0.3) is 11.3 Å². The molecule has 4 nitrogen and oxygen atoms in total. The van der Waals surface area contributed by atoms with Crippen molar-refractivity contribution in [2.24, 2.45) is 0 Å². The van der Waals surface area contributed by atoms with E-state index in [4.69, 9.17) is 0 Å². The molecule has 0 saturated carbocycles. The number of thioether (sulfide) groups is 1. The van der Waals surface area contributed by atoms with Gasteiger partial charge in [0.1, 0.15) is 0 Å². The molecule has 2 N–H and O–H groups in total. The Morgan fingerprint density at radius 1 is 1.30 bits per heavy atom. The minimum atomic E-state index is -0.648. The van der Waals surface area contributed by atoms with E-state index in [0.717, 1.165) is 17.0 Å². The summed E-state index contributed by atoms with van der Waals surface area (Å²) in [7, 11) is 0. The molecule has 0 aliphatic rings. The molecule has 2 aromatic rings. The Kier molecular flexibility index (Phi) is 5.80. The standard InChI is InChI=1S/C18H22N2O2S/c1-18(2,12-21)20-17(22)15-6-4-5-14(9-15)16-8-7-13(10-19-16)11-23-3/h4-10,21H,11-12H2,1-3H3,(H,20,22). The van der Waals surface area contributed by atoms with E-state index in [9.17, 15) is 9.90 Å². The molecule has 122 valence electrons. The first kappa shape index (κ1) is 17.5. The van der Waals surface area contributed by atoms with Crippen molar-refractivity contribution < 1.29 is 9.90 Å². The van der Waals surface area contributed by atoms with Crippen LogP contribution in [-0.4, -0.2) is 34.4 Å². The highest BCUT2D eigenvalue weighted by Gasteiger charge is 2.20. The van der Waals surface area contributed by atoms with Gasteiger partial charge in [0.05, 0.1) is 17.8 Å². The van der Waals surface area contributed by atoms with Crippen molar-refractivity contribution in [2.45, 2.75) is 25.1 Å². The molecule has 1 amide bonds. The van der Waals surface area contributed by atoms with Gasteiger partial charge in [-0.05, 0) is 43.9 Å². The van der Waals surface area contributed by atoms with E-state index in [0.29, 0.717) is 5.56 Å². The van der Waals surface area contributed by atoms with Crippen molar-refractivity contribution in [1.82, 2.24) is 10.3 Å². The van der Waals surface area contributed by atoms with E-state index in [1.165, 1.54) is 5.56 Å². The van der Waals surface area contributed by atoms with Gasteiger partial charge in [-0.25, -0.2) is 0 Å². The quantitative estimate of drug-likeness (QED) is 0.854. The van der Waals surface area contributed by atoms with E-state index in [1.807, 2.05) is 30.5 Å². The highest BCUT2D eigenvalue weighted by Crippen LogP contribution is 2.20. The fourth-order valence-electron chi connectivity index (χ4n) is 2.09. The fourth-order valence-corrected chi connectivity index (χ4v) is 2.59. The lowest BCUT2D eigenvalue weighted by molar-refractivity contribution is 0.0869. The Morgan fingerprint density at radius 3 is 2.70 bits per heavy atom. The summed E-state index contributed by atoms with van der Waals surface area (Å²) in [5.41, 5.74) is 2.82. The van der Waals surface area contributed by atoms with Crippen molar-refractivity contribution >= 4 is 17.7 Å². The predicted octanol–water partition coefficient (Wildman–Crippen LogP) is 3.11. The van der Waals surface area contributed by atoms with Crippen LogP contribution in [-0.2, 0) is 5.75 Å². The number of hydrogen-bond donors (Lipinski definition) is 2. The number of carbonyl (C=O) groups is 1. The second kappa shape index (κ2) is 7.62. The zero-order valence-corrected chi connectivity index (χ0v) is 14.5. The second-order valence-corrected chi connectivity index (χ2v) is 6.93. The van der Waals surface area contributed by atoms with Gasteiger partial charge in [-0.3, -0.25) is 9.78 Å². The summed E-state index contributed by atoms with van der Waals surface area (Å²) < 4.78 is 0. The number of carbonyl (C=O) groups excluding carboxylic acids is 1. The van der Waals surface area contributed by atoms with Crippen molar-refractivity contribution in [1.29, 1.82) is 0 Å². The number of hydrogen-bond acceptors (Lipinski definition) is 4. The number of rotatable bonds is 6. The molecule has 1 aromatic heterocycles. The molecule has 2 rings (SSSR count). The van der Waals surface area contributed by atoms with Crippen LogP contribution < -0.4 is 5.32 Å². The molecular formula is C18H22N2O2S. The van der Waals surface area contributed by atoms with Gasteiger partial charge in [-0.1, -0.05) is 18.2 Å². The van der Waals surface area contributed by atoms with Crippen LogP contribution in [0.1, 0.15) is 29.8 Å². The van der Waals surface area contributed by atoms with Crippen LogP contribution in [0.3, 0.4) is 0 Å². The summed E-state index contributed by atoms with van der Waals surface area (Å²) in [6.07, 6.45) is 3.93. The summed E-state index contributed by atoms with van der Waals surface area (Å²) in [6.45, 7) is 3.44. The first-order valence-corrected chi connectivity index (χ1v) is 8.82. The van der Waals surface area contributed by atoms with Gasteiger partial charge < -0.3 is 10.4 Å². The third-order valence-corrected chi connectivity index (χ3v) is 4.03. The number of aromatic nitrogens is 1. The molecule has 0 spiro atoms. The van der Waals surface area contributed by atoms with Gasteiger partial charge in [-0.2, -0.15) is 11.8 Å². The van der Waals surface area contributed by atoms with E-state index < -0.39 is 5.54 Å². The Morgan fingerprint density at radius 2 is 2.09 bits per heavy atom. The average Bonchev–Trinajstić information content (AvgIpc) is 2.55. The van der Waals surface area contributed by atoms with Crippen LogP contribution in [0.15, 0.2) is 42.6 Å². The number of aliphatic hydroxyl groups excluding tert-OH is 1. The molecule has 0 aliphatic heterocycles. The molecule has 0 atom stereocenters. The molecule has 0 unspecified atom stereocenters. The molecule has 5 heteroatoms. The zero-order chi connectivity index (χ0) is 16.9. The van der Waals surface area contributed by atoms with E-state index in [-0.39, 0.29) is 12.5 Å². The fraction of sp³-hybridized carbons (Fsp3) is 0.333. The third kappa shape index (κ3) is 4.81. The molecule has 0 fully saturated rings. The minimum absolute atomic E-state index is 0.114. The molecule has 0 bridgehead atoms. The average molecular weight is 330 g/mol. The number of aliphatic hydroxyl groups is 1. The Balaban J connectivity index is 2.20. The van der Waals surface area contributed by atoms with Crippen molar-refractivity contribution in [3.8, 4) is 11.3 Å². The molecular weight excluding hydrogens is 308 g/mol. The lowest BCUT2D eigenvalue weighted by atomic mass is 10.0. The summed E-state index contributed by atoms with van der Waals surface area (Å²) in [4.78, 5) is 16.8. The topological polar surface area (TPSA) is 62.2 Å². The van der Waals surface area contributed by atoms with E-state index in [2.05, 4.69) is 22.6 Å². The monoisotopic (exact) mass is 330 g/mol. The predicted molar refractivity (Wildman–Crippen MR) is 95.5 cm³/mol. The lowest BCUT2D eigenvalue weighted by Crippen LogP contribution is -2.46. The van der Waals surface area contributed by atoms with Crippen molar-refractivity contribution in [2.75, 3.05) is 12.9 Å². The molecule has 1 heterocycles. The lowest BCUT2D eigenvalue weighted by Gasteiger charge is -2.23. The van der Waals surface area contributed by atoms with Gasteiger partial charge in [0.2, 0.25) is 0 Å². The smallest absolute Gasteiger partial charge is 0.251 e. The molecule has 0 radical (unpaired) electrons. The van der Waals surface area contributed by atoms with Gasteiger partial charge in [0.25, 0.3) is 5.91 Å². The van der Waals surface area contributed by atoms with E-state index >= 15 is 0 Å². The minimum Gasteiger partial charge on any atom is -0.394 e. The first-order chi connectivity index (χ1) is 10.9. The zero-order valence-electron chi connectivity index (χ0n) is 13.7. The highest BCUT2D eigenvalue weighted by molar-refractivity contribution is 7.97. The third-order valence-electron chi connectivity index (χ3n) is 3.40. The number of benzene rings is 1. The SMILES string of the molecule is CSCc1ccc(-c2cccc(C(=O)NC(C)(C)CO)c2)nc1. The normalized spacial score (nSPS) is 11.3. The maximum Gasteiger partial charge on any atom is 0.251 e. The number of amides is 1. The van der Waals surface area contributed by atoms with Crippen LogP contribution in [0.2, 0.25) is 0 Å². The van der Waals surface area contributed by atoms with Crippen LogP contribution in [0.4, 0.5) is 0 Å². The van der Waals surface area contributed by atoms with Gasteiger partial charge in [0, 0.05) is 23.1 Å². The van der Waals surface area contributed by atoms with Crippen LogP contribution >= 0.6 is 11.8 Å². The highest BCUT2D eigenvalue weighted by atomic mass is 32.2. The van der Waals surface area contributed by atoms with Crippen LogP contribution in [0, 0.1) is 0 Å². The Bertz CT molecular complexity index is 669. The number of nitrogens with zero attached hydrogens (tertiary/aromatic N) is 1. The largest absolute Gasteiger partial charge is 0.394 e. The first-order valence-electron chi connectivity index (χ1n) is 7.43. The Hall–Kier alpha value is -1.85. The summed E-state index contributed by atoms with van der Waals surface area (Å²) in [5.74, 6) is 0.733. The molecule has 1 aromatic carbocycles. The van der Waals surface area contributed by atoms with Crippen LogP contribution in [0.5, 0.6) is 0 Å². The maximum atomic E-state index is 12.3. The summed E-state index contributed by atoms with van der Waals surface area (Å²) >= 11 is 1.76. The number of pyridine rings is 1. The van der Waals surface area contributed by atoms with E-state index in [1.54, 1.807) is 31.7 Å². The van der Waals surface area contributed by atoms with Gasteiger partial charge in [-0.15, -0.1) is 0 Å². The molecule has 0 saturated heterocycles. The molecule has 23 heavy (non-hydrogen) atoms. The summed E-state index contributed by atoms with van der Waals surface area (Å²) in [5, 5.41) is 12.1. The maximum absolute atomic E-state index is 12.3. The van der Waals surface area contributed by atoms with Crippen molar-refractivity contribution in [3.63, 3.8) is 0 Å². The Labute approximate surface area is 141 Å². The van der Waals surface area contributed by atoms with Gasteiger partial charge >= 0.3 is 0 Å². The second-order valence-electron chi connectivity index (χ2n) is 6.06. The summed E-state index contributed by atoms with van der Waals surface area (Å²) in [6, 6.07) is 11.4. The van der Waals surface area contributed by atoms with Crippen molar-refractivity contribution in [3.05, 3.63) is 53.7 Å². The molecule has 0 aliphatic carbocycles. The van der Waals surface area contributed by atoms with Gasteiger partial charge in [0.15, 0.2) is 0 Å².